The van der Waals surface area contributed by atoms with Crippen molar-refractivity contribution >= 4 is 23.1 Å². The van der Waals surface area contributed by atoms with E-state index in [2.05, 4.69) is 37.7 Å². The van der Waals surface area contributed by atoms with Crippen LogP contribution in [-0.4, -0.2) is 25.1 Å². The Kier molecular flexibility index (Phi) is 6.37. The van der Waals surface area contributed by atoms with E-state index < -0.39 is 0 Å². The molecule has 1 nitrogen and oxygen atoms in total. The number of hydrogen-bond acceptors (Lipinski definition) is 3. The van der Waals surface area contributed by atoms with Gasteiger partial charge < -0.3 is 5.32 Å². The second-order valence-corrected chi connectivity index (χ2v) is 5.93. The van der Waals surface area contributed by atoms with Gasteiger partial charge in [0.2, 0.25) is 0 Å². The van der Waals surface area contributed by atoms with E-state index in [1.54, 1.807) is 0 Å². The number of nitrogens with one attached hydrogen (secondary N) is 1. The van der Waals surface area contributed by atoms with Crippen molar-refractivity contribution in [2.75, 3.05) is 19.1 Å². The lowest BCUT2D eigenvalue weighted by molar-refractivity contribution is 0.551. The van der Waals surface area contributed by atoms with Gasteiger partial charge in [-0.3, -0.25) is 0 Å². The fraction of sp³-hybridized carbons (Fsp3) is 0.667. The normalized spacial score (nSPS) is 13.0. The van der Waals surface area contributed by atoms with Crippen LogP contribution in [0.4, 0.5) is 0 Å². The van der Waals surface area contributed by atoms with Crippen LogP contribution in [-0.2, 0) is 12.8 Å². The predicted molar refractivity (Wildman–Crippen MR) is 73.2 cm³/mol. The molecule has 0 bridgehead atoms. The van der Waals surface area contributed by atoms with Gasteiger partial charge in [-0.25, -0.2) is 0 Å². The molecule has 1 aromatic heterocycles. The van der Waals surface area contributed by atoms with Gasteiger partial charge in [0, 0.05) is 15.8 Å². The molecule has 1 unspecified atom stereocenters. The fourth-order valence-corrected chi connectivity index (χ4v) is 3.13. The van der Waals surface area contributed by atoms with Crippen molar-refractivity contribution in [3.8, 4) is 0 Å². The lowest BCUT2D eigenvalue weighted by Crippen LogP contribution is -2.27. The number of thioether (sulfide) groups is 1. The van der Waals surface area contributed by atoms with Crippen molar-refractivity contribution in [1.82, 2.24) is 5.32 Å². The van der Waals surface area contributed by atoms with E-state index in [0.29, 0.717) is 6.04 Å². The van der Waals surface area contributed by atoms with Gasteiger partial charge in [-0.1, -0.05) is 6.92 Å². The summed E-state index contributed by atoms with van der Waals surface area (Å²) < 4.78 is 0. The van der Waals surface area contributed by atoms with Crippen LogP contribution in [0.5, 0.6) is 0 Å². The van der Waals surface area contributed by atoms with Gasteiger partial charge in [0.05, 0.1) is 0 Å². The molecular formula is C12H21NS2. The molecule has 86 valence electrons. The van der Waals surface area contributed by atoms with Crippen LogP contribution in [0.2, 0.25) is 0 Å². The summed E-state index contributed by atoms with van der Waals surface area (Å²) in [4.78, 5) is 3.03. The van der Waals surface area contributed by atoms with Crippen molar-refractivity contribution in [3.63, 3.8) is 0 Å². The number of likely N-dealkylation sites (N-methyl/N-ethyl adjacent to an activating group) is 1. The minimum absolute atomic E-state index is 0.640. The summed E-state index contributed by atoms with van der Waals surface area (Å²) in [6, 6.07) is 5.19. The lowest BCUT2D eigenvalue weighted by Gasteiger charge is -2.14. The molecule has 0 spiro atoms. The van der Waals surface area contributed by atoms with Crippen molar-refractivity contribution in [2.45, 2.75) is 32.2 Å². The summed E-state index contributed by atoms with van der Waals surface area (Å²) >= 11 is 3.89. The molecule has 0 aliphatic carbocycles. The van der Waals surface area contributed by atoms with E-state index in [1.807, 2.05) is 23.1 Å². The Morgan fingerprint density at radius 2 is 2.13 bits per heavy atom. The van der Waals surface area contributed by atoms with E-state index in [4.69, 9.17) is 0 Å². The van der Waals surface area contributed by atoms with Gasteiger partial charge in [0.1, 0.15) is 0 Å². The van der Waals surface area contributed by atoms with Crippen molar-refractivity contribution < 1.29 is 0 Å². The van der Waals surface area contributed by atoms with Crippen LogP contribution >= 0.6 is 23.1 Å². The Hall–Kier alpha value is 0.01000. The second kappa shape index (κ2) is 7.31. The molecule has 1 heterocycles. The van der Waals surface area contributed by atoms with E-state index in [9.17, 15) is 0 Å². The predicted octanol–water partition coefficient (Wildman–Crippen LogP) is 3.19. The Balaban J connectivity index is 2.43. The second-order valence-electron chi connectivity index (χ2n) is 3.69. The third-order valence-electron chi connectivity index (χ3n) is 2.59. The van der Waals surface area contributed by atoms with Gasteiger partial charge >= 0.3 is 0 Å². The molecule has 0 radical (unpaired) electrons. The monoisotopic (exact) mass is 243 g/mol. The minimum atomic E-state index is 0.640. The molecule has 1 aromatic rings. The molecule has 1 N–H and O–H groups in total. The van der Waals surface area contributed by atoms with Crippen molar-refractivity contribution in [2.24, 2.45) is 0 Å². The molecular weight excluding hydrogens is 222 g/mol. The van der Waals surface area contributed by atoms with E-state index in [-0.39, 0.29) is 0 Å². The quantitative estimate of drug-likeness (QED) is 0.789. The smallest absolute Gasteiger partial charge is 0.0120 e. The minimum Gasteiger partial charge on any atom is -0.317 e. The molecule has 0 fully saturated rings. The highest BCUT2D eigenvalue weighted by Gasteiger charge is 2.08. The van der Waals surface area contributed by atoms with Gasteiger partial charge in [-0.05, 0) is 50.5 Å². The van der Waals surface area contributed by atoms with Crippen LogP contribution in [0.3, 0.4) is 0 Å². The van der Waals surface area contributed by atoms with Crippen LogP contribution in [0.15, 0.2) is 12.1 Å². The average Bonchev–Trinajstić information content (AvgIpc) is 2.71. The number of hydrogen-bond donors (Lipinski definition) is 1. The Bertz CT molecular complexity index is 270. The van der Waals surface area contributed by atoms with Crippen molar-refractivity contribution in [3.05, 3.63) is 21.9 Å². The molecule has 0 amide bonds. The summed E-state index contributed by atoms with van der Waals surface area (Å²) in [7, 11) is 2.07. The average molecular weight is 243 g/mol. The molecule has 0 aliphatic heterocycles. The van der Waals surface area contributed by atoms with E-state index in [1.165, 1.54) is 34.8 Å². The third-order valence-corrected chi connectivity index (χ3v) is 4.49. The third kappa shape index (κ3) is 4.58. The standard InChI is InChI=1S/C12H21NS2/c1-4-11-5-6-12(15-11)9-10(13-2)7-8-14-3/h5-6,10,13H,4,7-9H2,1-3H3. The van der Waals surface area contributed by atoms with Crippen LogP contribution in [0.25, 0.3) is 0 Å². The molecule has 0 saturated carbocycles. The van der Waals surface area contributed by atoms with Gasteiger partial charge in [-0.2, -0.15) is 11.8 Å². The Labute approximate surface area is 102 Å². The first-order valence-electron chi connectivity index (χ1n) is 5.54. The highest BCUT2D eigenvalue weighted by molar-refractivity contribution is 7.98. The zero-order valence-corrected chi connectivity index (χ0v) is 11.5. The van der Waals surface area contributed by atoms with Gasteiger partial charge in [-0.15, -0.1) is 11.3 Å². The summed E-state index contributed by atoms with van der Waals surface area (Å²) in [5, 5.41) is 3.41. The van der Waals surface area contributed by atoms with Crippen LogP contribution in [0, 0.1) is 0 Å². The first kappa shape index (κ1) is 13.1. The maximum atomic E-state index is 3.41. The summed E-state index contributed by atoms with van der Waals surface area (Å²) in [5.74, 6) is 1.25. The zero-order valence-electron chi connectivity index (χ0n) is 9.88. The van der Waals surface area contributed by atoms with Crippen LogP contribution < -0.4 is 5.32 Å². The first-order valence-corrected chi connectivity index (χ1v) is 7.75. The number of rotatable bonds is 7. The molecule has 3 heteroatoms. The number of aryl methyl sites for hydroxylation is 1. The summed E-state index contributed by atoms with van der Waals surface area (Å²) in [6.45, 7) is 2.22. The maximum absolute atomic E-state index is 3.41. The summed E-state index contributed by atoms with van der Waals surface area (Å²) in [6.07, 6.45) is 5.78. The molecule has 15 heavy (non-hydrogen) atoms. The highest BCUT2D eigenvalue weighted by atomic mass is 32.2. The molecule has 0 aromatic carbocycles. The zero-order chi connectivity index (χ0) is 11.1. The van der Waals surface area contributed by atoms with Gasteiger partial charge in [0.25, 0.3) is 0 Å². The lowest BCUT2D eigenvalue weighted by atomic mass is 10.1. The highest BCUT2D eigenvalue weighted by Crippen LogP contribution is 2.19. The fourth-order valence-electron chi connectivity index (χ4n) is 1.57. The molecule has 1 rings (SSSR count). The Morgan fingerprint density at radius 3 is 2.67 bits per heavy atom. The number of thiophene rings is 1. The molecule has 0 aliphatic rings. The topological polar surface area (TPSA) is 12.0 Å². The van der Waals surface area contributed by atoms with Gasteiger partial charge in [0.15, 0.2) is 0 Å². The largest absolute Gasteiger partial charge is 0.317 e. The molecule has 0 saturated heterocycles. The first-order chi connectivity index (χ1) is 7.30. The SMILES string of the molecule is CCc1ccc(CC(CCSC)NC)s1. The maximum Gasteiger partial charge on any atom is 0.0120 e. The summed E-state index contributed by atoms with van der Waals surface area (Å²) in [5.41, 5.74) is 0. The van der Waals surface area contributed by atoms with E-state index >= 15 is 0 Å². The van der Waals surface area contributed by atoms with Crippen molar-refractivity contribution in [1.29, 1.82) is 0 Å². The van der Waals surface area contributed by atoms with Crippen LogP contribution in [0.1, 0.15) is 23.1 Å². The van der Waals surface area contributed by atoms with E-state index in [0.717, 1.165) is 0 Å². The molecule has 1 atom stereocenters. The Morgan fingerprint density at radius 1 is 1.40 bits per heavy atom.